The fourth-order valence-corrected chi connectivity index (χ4v) is 6.09. The molecule has 1 fully saturated rings. The Morgan fingerprint density at radius 3 is 2.52 bits per heavy atom. The molecule has 29 heavy (non-hydrogen) atoms. The van der Waals surface area contributed by atoms with E-state index in [0.717, 1.165) is 24.8 Å². The number of aliphatic hydroxyl groups excluding tert-OH is 2. The first kappa shape index (κ1) is 23.6. The Morgan fingerprint density at radius 1 is 1.14 bits per heavy atom. The average Bonchev–Trinajstić information content (AvgIpc) is 2.89. The minimum absolute atomic E-state index is 0.132. The molecule has 0 amide bonds. The van der Waals surface area contributed by atoms with Crippen LogP contribution in [0.5, 0.6) is 0 Å². The Labute approximate surface area is 173 Å². The van der Waals surface area contributed by atoms with Crippen LogP contribution in [-0.2, 0) is 21.1 Å². The molecule has 6 nitrogen and oxygen atoms in total. The zero-order valence-electron chi connectivity index (χ0n) is 16.7. The van der Waals surface area contributed by atoms with Crippen LogP contribution >= 0.6 is 0 Å². The second kappa shape index (κ2) is 11.5. The molecule has 0 saturated carbocycles. The number of aliphatic hydroxyl groups is 2. The van der Waals surface area contributed by atoms with Crippen molar-refractivity contribution in [1.29, 1.82) is 0 Å². The number of carbonyl (C=O) groups is 1. The zero-order chi connectivity index (χ0) is 21.3. The number of rotatable bonds is 12. The molecule has 4 atom stereocenters. The van der Waals surface area contributed by atoms with Crippen LogP contribution in [0.25, 0.3) is 0 Å². The van der Waals surface area contributed by atoms with Gasteiger partial charge in [-0.2, -0.15) is 0 Å². The third-order valence-corrected chi connectivity index (χ3v) is 7.77. The molecule has 0 bridgehead atoms. The van der Waals surface area contributed by atoms with E-state index >= 15 is 0 Å². The van der Waals surface area contributed by atoms with Crippen molar-refractivity contribution in [3.8, 4) is 0 Å². The van der Waals surface area contributed by atoms with E-state index in [9.17, 15) is 23.4 Å². The van der Waals surface area contributed by atoms with Crippen molar-refractivity contribution in [1.82, 2.24) is 0 Å². The largest absolute Gasteiger partial charge is 0.481 e. The van der Waals surface area contributed by atoms with Crippen molar-refractivity contribution in [3.05, 3.63) is 48.0 Å². The summed E-state index contributed by atoms with van der Waals surface area (Å²) in [4.78, 5) is 10.5. The second-order valence-electron chi connectivity index (χ2n) is 7.84. The standard InChI is InChI=1S/C22H32O6S/c23-18(13-12-17-8-4-3-5-9-17)14-15-19-20(24)16-29(27,28)21(19)10-6-1-2-7-11-22(25)26/h3-5,8-9,14-15,18-21,23-24H,1-2,6-7,10-13,16H2,(H,25,26)/b15-14+. The minimum Gasteiger partial charge on any atom is -0.481 e. The van der Waals surface area contributed by atoms with Crippen molar-refractivity contribution in [3.63, 3.8) is 0 Å². The van der Waals surface area contributed by atoms with E-state index in [4.69, 9.17) is 5.11 Å². The van der Waals surface area contributed by atoms with Crippen LogP contribution in [0.1, 0.15) is 50.5 Å². The number of sulfone groups is 1. The molecule has 1 aliphatic heterocycles. The monoisotopic (exact) mass is 424 g/mol. The Balaban J connectivity index is 1.85. The van der Waals surface area contributed by atoms with Gasteiger partial charge in [-0.15, -0.1) is 0 Å². The molecule has 0 aromatic heterocycles. The van der Waals surface area contributed by atoms with Gasteiger partial charge in [0.2, 0.25) is 0 Å². The van der Waals surface area contributed by atoms with Gasteiger partial charge < -0.3 is 15.3 Å². The van der Waals surface area contributed by atoms with Gasteiger partial charge >= 0.3 is 5.97 Å². The first-order valence-electron chi connectivity index (χ1n) is 10.3. The lowest BCUT2D eigenvalue weighted by molar-refractivity contribution is -0.137. The number of carboxylic acid groups (broad SMARTS) is 1. The summed E-state index contributed by atoms with van der Waals surface area (Å²) in [5.74, 6) is -1.57. The van der Waals surface area contributed by atoms with Crippen molar-refractivity contribution in [2.24, 2.45) is 5.92 Å². The number of hydrogen-bond donors (Lipinski definition) is 3. The summed E-state index contributed by atoms with van der Waals surface area (Å²) in [6, 6.07) is 9.83. The van der Waals surface area contributed by atoms with Crippen molar-refractivity contribution < 1.29 is 28.5 Å². The van der Waals surface area contributed by atoms with Crippen molar-refractivity contribution in [2.45, 2.75) is 68.8 Å². The summed E-state index contributed by atoms with van der Waals surface area (Å²) in [6.07, 6.45) is 6.25. The molecule has 1 aliphatic rings. The molecule has 0 aliphatic carbocycles. The van der Waals surface area contributed by atoms with Crippen LogP contribution in [0.4, 0.5) is 0 Å². The predicted octanol–water partition coefficient (Wildman–Crippen LogP) is 2.74. The molecule has 2 rings (SSSR count). The fourth-order valence-electron chi connectivity index (χ4n) is 3.87. The molecule has 1 heterocycles. The molecule has 1 saturated heterocycles. The highest BCUT2D eigenvalue weighted by Gasteiger charge is 2.44. The van der Waals surface area contributed by atoms with Gasteiger partial charge in [-0.1, -0.05) is 61.7 Å². The summed E-state index contributed by atoms with van der Waals surface area (Å²) < 4.78 is 24.8. The number of benzene rings is 1. The third-order valence-electron chi connectivity index (χ3n) is 5.49. The Hall–Kier alpha value is -1.70. The molecule has 3 N–H and O–H groups in total. The summed E-state index contributed by atoms with van der Waals surface area (Å²) in [6.45, 7) is 0. The van der Waals surface area contributed by atoms with Gasteiger partial charge in [0.25, 0.3) is 0 Å². The summed E-state index contributed by atoms with van der Waals surface area (Å²) in [7, 11) is -3.37. The highest BCUT2D eigenvalue weighted by molar-refractivity contribution is 7.92. The molecule has 162 valence electrons. The predicted molar refractivity (Wildman–Crippen MR) is 112 cm³/mol. The molecular formula is C22H32O6S. The van der Waals surface area contributed by atoms with Crippen LogP contribution in [0, 0.1) is 5.92 Å². The van der Waals surface area contributed by atoms with Crippen LogP contribution < -0.4 is 0 Å². The lowest BCUT2D eigenvalue weighted by atomic mass is 9.94. The van der Waals surface area contributed by atoms with E-state index in [0.29, 0.717) is 25.7 Å². The summed E-state index contributed by atoms with van der Waals surface area (Å²) in [5, 5.41) is 28.5. The van der Waals surface area contributed by atoms with E-state index in [1.807, 2.05) is 30.3 Å². The highest BCUT2D eigenvalue weighted by Crippen LogP contribution is 2.32. The van der Waals surface area contributed by atoms with Crippen molar-refractivity contribution >= 4 is 15.8 Å². The molecule has 1 aromatic rings. The second-order valence-corrected chi connectivity index (χ2v) is 10.1. The lowest BCUT2D eigenvalue weighted by Gasteiger charge is -2.18. The maximum absolute atomic E-state index is 12.4. The van der Waals surface area contributed by atoms with Gasteiger partial charge in [0.05, 0.1) is 23.2 Å². The van der Waals surface area contributed by atoms with Gasteiger partial charge in [0, 0.05) is 12.3 Å². The molecule has 4 unspecified atom stereocenters. The maximum atomic E-state index is 12.4. The molecule has 7 heteroatoms. The topological polar surface area (TPSA) is 112 Å². The van der Waals surface area contributed by atoms with Gasteiger partial charge in [0.1, 0.15) is 0 Å². The smallest absolute Gasteiger partial charge is 0.303 e. The quantitative estimate of drug-likeness (QED) is 0.351. The van der Waals surface area contributed by atoms with E-state index < -0.39 is 39.2 Å². The Kier molecular flexibility index (Phi) is 9.33. The molecular weight excluding hydrogens is 392 g/mol. The zero-order valence-corrected chi connectivity index (χ0v) is 17.5. The number of carboxylic acids is 1. The fraction of sp³-hybridized carbons (Fsp3) is 0.591. The lowest BCUT2D eigenvalue weighted by Crippen LogP contribution is -2.24. The van der Waals surface area contributed by atoms with E-state index in [2.05, 4.69) is 0 Å². The molecule has 0 spiro atoms. The molecule has 1 aromatic carbocycles. The SMILES string of the molecule is O=C(O)CCCCCCC1C(/C=C/C(O)CCc2ccccc2)C(O)CS1(=O)=O. The van der Waals surface area contributed by atoms with Crippen LogP contribution in [0.3, 0.4) is 0 Å². The van der Waals surface area contributed by atoms with Crippen molar-refractivity contribution in [2.75, 3.05) is 5.75 Å². The third kappa shape index (κ3) is 7.91. The first-order chi connectivity index (χ1) is 13.8. The molecule has 0 radical (unpaired) electrons. The van der Waals surface area contributed by atoms with Crippen LogP contribution in [-0.4, -0.2) is 52.9 Å². The Morgan fingerprint density at radius 2 is 1.83 bits per heavy atom. The van der Waals surface area contributed by atoms with Crippen LogP contribution in [0.15, 0.2) is 42.5 Å². The van der Waals surface area contributed by atoms with E-state index in [-0.39, 0.29) is 12.2 Å². The number of hydrogen-bond acceptors (Lipinski definition) is 5. The van der Waals surface area contributed by atoms with Gasteiger partial charge in [-0.3, -0.25) is 4.79 Å². The average molecular weight is 425 g/mol. The van der Waals surface area contributed by atoms with Gasteiger partial charge in [-0.25, -0.2) is 8.42 Å². The summed E-state index contributed by atoms with van der Waals surface area (Å²) in [5.41, 5.74) is 1.13. The summed E-state index contributed by atoms with van der Waals surface area (Å²) >= 11 is 0. The van der Waals surface area contributed by atoms with Crippen LogP contribution in [0.2, 0.25) is 0 Å². The van der Waals surface area contributed by atoms with Gasteiger partial charge in [-0.05, 0) is 31.2 Å². The minimum atomic E-state index is -3.37. The number of aryl methyl sites for hydroxylation is 1. The Bertz CT molecular complexity index is 759. The number of unbranched alkanes of at least 4 members (excludes halogenated alkanes) is 3. The maximum Gasteiger partial charge on any atom is 0.303 e. The number of aliphatic carboxylic acids is 1. The van der Waals surface area contributed by atoms with E-state index in [1.54, 1.807) is 12.2 Å². The first-order valence-corrected chi connectivity index (χ1v) is 12.0. The van der Waals surface area contributed by atoms with E-state index in [1.165, 1.54) is 0 Å². The van der Waals surface area contributed by atoms with Gasteiger partial charge in [0.15, 0.2) is 9.84 Å². The highest BCUT2D eigenvalue weighted by atomic mass is 32.2. The normalized spacial score (nSPS) is 24.7.